The number of carboxylic acids is 1. The van der Waals surface area contributed by atoms with Crippen molar-refractivity contribution in [3.8, 4) is 0 Å². The summed E-state index contributed by atoms with van der Waals surface area (Å²) < 4.78 is 0.892. The fourth-order valence-corrected chi connectivity index (χ4v) is 3.25. The summed E-state index contributed by atoms with van der Waals surface area (Å²) in [4.78, 5) is 34.2. The fourth-order valence-electron chi connectivity index (χ4n) is 1.31. The molecular formula is C17H20O4S2. The van der Waals surface area contributed by atoms with Crippen LogP contribution in [0.4, 0.5) is 0 Å². The van der Waals surface area contributed by atoms with Gasteiger partial charge in [0.25, 0.3) is 0 Å². The Morgan fingerprint density at radius 2 is 2.00 bits per heavy atom. The van der Waals surface area contributed by atoms with Crippen molar-refractivity contribution in [3.63, 3.8) is 0 Å². The molecule has 124 valence electrons. The maximum absolute atomic E-state index is 11.8. The van der Waals surface area contributed by atoms with Crippen LogP contribution in [0.15, 0.2) is 51.4 Å². The van der Waals surface area contributed by atoms with Crippen molar-refractivity contribution < 1.29 is 19.5 Å². The molecule has 1 heterocycles. The molecule has 0 amide bonds. The molecule has 1 aromatic rings. The molecule has 0 fully saturated rings. The summed E-state index contributed by atoms with van der Waals surface area (Å²) in [6.07, 6.45) is 6.70. The first-order valence-corrected chi connectivity index (χ1v) is 8.68. The standard InChI is InChI=1S/C15H14O4S2.C2H6/c1-3-5-6-11(4-2)21-14-7-10(9-20-14)12(16)8-13(17)15(18)19;1-2/h3-7,9H,1,8H2,2H3,(H,18,19);1-2H3/b6-5-,11-4+;. The lowest BCUT2D eigenvalue weighted by Gasteiger charge is -1.97. The van der Waals surface area contributed by atoms with E-state index in [1.54, 1.807) is 17.5 Å². The van der Waals surface area contributed by atoms with Crippen LogP contribution in [0.1, 0.15) is 37.6 Å². The molecule has 0 aromatic carbocycles. The molecule has 0 aliphatic carbocycles. The minimum Gasteiger partial charge on any atom is -0.475 e. The number of hydrogen-bond donors (Lipinski definition) is 1. The molecule has 0 aliphatic rings. The lowest BCUT2D eigenvalue weighted by atomic mass is 10.1. The van der Waals surface area contributed by atoms with Crippen LogP contribution in [0.2, 0.25) is 0 Å². The monoisotopic (exact) mass is 352 g/mol. The number of carboxylic acid groups (broad SMARTS) is 1. The highest BCUT2D eigenvalue weighted by molar-refractivity contribution is 8.05. The van der Waals surface area contributed by atoms with Gasteiger partial charge in [0, 0.05) is 15.8 Å². The van der Waals surface area contributed by atoms with Crippen LogP contribution in [0.25, 0.3) is 0 Å². The van der Waals surface area contributed by atoms with E-state index < -0.39 is 24.0 Å². The average Bonchev–Trinajstić information content (AvgIpc) is 3.01. The van der Waals surface area contributed by atoms with Gasteiger partial charge in [0.1, 0.15) is 0 Å². The van der Waals surface area contributed by atoms with Gasteiger partial charge < -0.3 is 5.11 Å². The molecule has 0 radical (unpaired) electrons. The van der Waals surface area contributed by atoms with Gasteiger partial charge in [0.15, 0.2) is 5.78 Å². The minimum absolute atomic E-state index is 0.361. The van der Waals surface area contributed by atoms with Gasteiger partial charge in [-0.1, -0.05) is 50.4 Å². The van der Waals surface area contributed by atoms with E-state index in [2.05, 4.69) is 6.58 Å². The number of thiophene rings is 1. The predicted molar refractivity (Wildman–Crippen MR) is 96.2 cm³/mol. The highest BCUT2D eigenvalue weighted by Gasteiger charge is 2.18. The van der Waals surface area contributed by atoms with Gasteiger partial charge in [-0.3, -0.25) is 9.59 Å². The maximum Gasteiger partial charge on any atom is 0.372 e. The molecule has 0 aliphatic heterocycles. The van der Waals surface area contributed by atoms with Crippen molar-refractivity contribution in [3.05, 3.63) is 52.8 Å². The zero-order valence-corrected chi connectivity index (χ0v) is 15.0. The second-order valence-corrected chi connectivity index (χ2v) is 6.16. The van der Waals surface area contributed by atoms with Crippen molar-refractivity contribution in [2.24, 2.45) is 0 Å². The number of aliphatic carboxylic acids is 1. The maximum atomic E-state index is 11.8. The van der Waals surface area contributed by atoms with E-state index in [0.717, 1.165) is 9.11 Å². The Hall–Kier alpha value is -1.92. The third-order valence-corrected chi connectivity index (χ3v) is 4.54. The lowest BCUT2D eigenvalue weighted by Crippen LogP contribution is -2.16. The number of carbonyl (C=O) groups excluding carboxylic acids is 2. The van der Waals surface area contributed by atoms with Crippen LogP contribution in [-0.4, -0.2) is 22.6 Å². The van der Waals surface area contributed by atoms with Crippen LogP contribution < -0.4 is 0 Å². The average molecular weight is 352 g/mol. The first-order valence-electron chi connectivity index (χ1n) is 6.99. The number of hydrogen-bond acceptors (Lipinski definition) is 5. The summed E-state index contributed by atoms with van der Waals surface area (Å²) in [5.74, 6) is -3.16. The van der Waals surface area contributed by atoms with Gasteiger partial charge >= 0.3 is 5.97 Å². The van der Waals surface area contributed by atoms with E-state index in [1.807, 2.05) is 39.0 Å². The van der Waals surface area contributed by atoms with E-state index in [4.69, 9.17) is 5.11 Å². The Labute approximate surface area is 144 Å². The van der Waals surface area contributed by atoms with Gasteiger partial charge in [-0.05, 0) is 19.1 Å². The number of rotatable bonds is 8. The molecule has 0 bridgehead atoms. The summed E-state index contributed by atoms with van der Waals surface area (Å²) in [6.45, 7) is 9.50. The van der Waals surface area contributed by atoms with Crippen molar-refractivity contribution in [1.29, 1.82) is 0 Å². The van der Waals surface area contributed by atoms with Crippen LogP contribution in [0.5, 0.6) is 0 Å². The highest BCUT2D eigenvalue weighted by Crippen LogP contribution is 2.33. The quantitative estimate of drug-likeness (QED) is 0.240. The molecule has 0 spiro atoms. The molecule has 6 heteroatoms. The van der Waals surface area contributed by atoms with Gasteiger partial charge in [0.05, 0.1) is 10.6 Å². The summed E-state index contributed by atoms with van der Waals surface area (Å²) in [6, 6.07) is 1.66. The van der Waals surface area contributed by atoms with Gasteiger partial charge in [-0.25, -0.2) is 4.79 Å². The number of carbonyl (C=O) groups is 3. The van der Waals surface area contributed by atoms with Gasteiger partial charge in [-0.15, -0.1) is 11.3 Å². The summed E-state index contributed by atoms with van der Waals surface area (Å²) in [5, 5.41) is 10.1. The molecule has 0 unspecified atom stereocenters. The van der Waals surface area contributed by atoms with Crippen molar-refractivity contribution in [2.75, 3.05) is 0 Å². The number of ketones is 2. The second-order valence-electron chi connectivity index (χ2n) is 3.87. The third kappa shape index (κ3) is 7.76. The normalized spacial score (nSPS) is 10.8. The largest absolute Gasteiger partial charge is 0.475 e. The van der Waals surface area contributed by atoms with Crippen molar-refractivity contribution in [2.45, 2.75) is 31.4 Å². The topological polar surface area (TPSA) is 71.4 Å². The third-order valence-electron chi connectivity index (χ3n) is 2.36. The first kappa shape index (κ1) is 21.1. The highest BCUT2D eigenvalue weighted by atomic mass is 32.2. The van der Waals surface area contributed by atoms with Crippen LogP contribution >= 0.6 is 23.1 Å². The number of allylic oxidation sites excluding steroid dienone is 4. The Morgan fingerprint density at radius 3 is 2.52 bits per heavy atom. The number of Topliss-reactive ketones (excluding diaryl/α,β-unsaturated/α-hetero) is 2. The number of thioether (sulfide) groups is 1. The zero-order valence-electron chi connectivity index (χ0n) is 13.4. The Bertz CT molecular complexity index is 624. The molecule has 4 nitrogen and oxygen atoms in total. The van der Waals surface area contributed by atoms with Gasteiger partial charge in [0.2, 0.25) is 5.78 Å². The smallest absolute Gasteiger partial charge is 0.372 e. The fraction of sp³-hybridized carbons (Fsp3) is 0.235. The van der Waals surface area contributed by atoms with Crippen LogP contribution in [-0.2, 0) is 9.59 Å². The predicted octanol–water partition coefficient (Wildman–Crippen LogP) is 4.74. The SMILES string of the molecule is C=C/C=C\C(=C/C)Sc1cc(C(=O)CC(=O)C(=O)O)cs1.CC. The molecule has 1 N–H and O–H groups in total. The Kier molecular flexibility index (Phi) is 10.7. The Morgan fingerprint density at radius 1 is 1.35 bits per heavy atom. The summed E-state index contributed by atoms with van der Waals surface area (Å²) in [7, 11) is 0. The molecule has 0 saturated carbocycles. The molecule has 23 heavy (non-hydrogen) atoms. The van der Waals surface area contributed by atoms with Crippen LogP contribution in [0, 0.1) is 0 Å². The Balaban J connectivity index is 0.00000232. The molecular weight excluding hydrogens is 332 g/mol. The second kappa shape index (κ2) is 11.6. The first-order chi connectivity index (χ1) is 11.0. The van der Waals surface area contributed by atoms with E-state index in [9.17, 15) is 14.4 Å². The zero-order chi connectivity index (χ0) is 17.8. The minimum atomic E-state index is -1.58. The van der Waals surface area contributed by atoms with E-state index in [0.29, 0.717) is 5.56 Å². The molecule has 1 aromatic heterocycles. The van der Waals surface area contributed by atoms with E-state index in [1.165, 1.54) is 23.1 Å². The van der Waals surface area contributed by atoms with Crippen molar-refractivity contribution >= 4 is 40.6 Å². The molecule has 0 atom stereocenters. The van der Waals surface area contributed by atoms with Crippen LogP contribution in [0.3, 0.4) is 0 Å². The summed E-state index contributed by atoms with van der Waals surface area (Å²) in [5.41, 5.74) is 0.361. The molecule has 0 saturated heterocycles. The van der Waals surface area contributed by atoms with Crippen molar-refractivity contribution in [1.82, 2.24) is 0 Å². The van der Waals surface area contributed by atoms with Gasteiger partial charge in [-0.2, -0.15) is 0 Å². The summed E-state index contributed by atoms with van der Waals surface area (Å²) >= 11 is 2.86. The van der Waals surface area contributed by atoms with E-state index in [-0.39, 0.29) is 0 Å². The molecule has 1 rings (SSSR count). The lowest BCUT2D eigenvalue weighted by molar-refractivity contribution is -0.148. The van der Waals surface area contributed by atoms with E-state index >= 15 is 0 Å².